The number of hydrogen-bond donors (Lipinski definition) is 1. The third kappa shape index (κ3) is 6.02. The van der Waals surface area contributed by atoms with Crippen molar-refractivity contribution >= 4 is 13.8 Å². The predicted octanol–water partition coefficient (Wildman–Crippen LogP) is 2.69. The first-order chi connectivity index (χ1) is 9.30. The molecule has 6 nitrogen and oxygen atoms in total. The average Bonchev–Trinajstić information content (AvgIpc) is 2.37. The highest BCUT2D eigenvalue weighted by molar-refractivity contribution is 7.47. The van der Waals surface area contributed by atoms with Gasteiger partial charge in [-0.15, -0.1) is 0 Å². The molecule has 0 aliphatic carbocycles. The van der Waals surface area contributed by atoms with Gasteiger partial charge >= 0.3 is 13.8 Å². The highest BCUT2D eigenvalue weighted by Gasteiger charge is 2.25. The van der Waals surface area contributed by atoms with Gasteiger partial charge < -0.3 is 9.26 Å². The molecule has 0 aliphatic heterocycles. The first kappa shape index (κ1) is 16.4. The maximum absolute atomic E-state index is 11.7. The van der Waals surface area contributed by atoms with E-state index in [4.69, 9.17) is 13.8 Å². The van der Waals surface area contributed by atoms with E-state index in [1.807, 2.05) is 0 Å². The van der Waals surface area contributed by atoms with Crippen molar-refractivity contribution in [2.75, 3.05) is 6.61 Å². The smallest absolute Gasteiger partial charge is 0.457 e. The minimum atomic E-state index is -4.25. The molecule has 1 aromatic rings. The number of carbonyl (C=O) groups is 1. The van der Waals surface area contributed by atoms with Crippen molar-refractivity contribution < 1.29 is 28.0 Å². The van der Waals surface area contributed by atoms with Crippen molar-refractivity contribution in [3.63, 3.8) is 0 Å². The first-order valence-corrected chi connectivity index (χ1v) is 7.38. The van der Waals surface area contributed by atoms with Gasteiger partial charge in [0.1, 0.15) is 11.9 Å². The summed E-state index contributed by atoms with van der Waals surface area (Å²) in [5.41, 5.74) is 0.240. The summed E-state index contributed by atoms with van der Waals surface area (Å²) >= 11 is 0. The SMILES string of the molecule is C=C(C)C(=O)OC(C)COP(=O)(O)Oc1ccccc1. The number of rotatable bonds is 7. The van der Waals surface area contributed by atoms with Crippen molar-refractivity contribution in [1.29, 1.82) is 0 Å². The molecular formula is C13H17O6P. The van der Waals surface area contributed by atoms with Gasteiger partial charge in [0.15, 0.2) is 0 Å². The van der Waals surface area contributed by atoms with E-state index in [0.29, 0.717) is 0 Å². The van der Waals surface area contributed by atoms with Crippen LogP contribution in [0, 0.1) is 0 Å². The summed E-state index contributed by atoms with van der Waals surface area (Å²) in [4.78, 5) is 20.7. The minimum absolute atomic E-state index is 0.213. The molecule has 0 fully saturated rings. The van der Waals surface area contributed by atoms with E-state index in [1.165, 1.54) is 26.0 Å². The Hall–Kier alpha value is -1.62. The predicted molar refractivity (Wildman–Crippen MR) is 73.2 cm³/mol. The van der Waals surface area contributed by atoms with E-state index in [1.54, 1.807) is 18.2 Å². The number of phosphoric ester groups is 1. The van der Waals surface area contributed by atoms with Crippen molar-refractivity contribution in [2.45, 2.75) is 20.0 Å². The van der Waals surface area contributed by atoms with Crippen molar-refractivity contribution in [3.8, 4) is 5.75 Å². The molecule has 0 radical (unpaired) electrons. The monoisotopic (exact) mass is 300 g/mol. The number of phosphoric acid groups is 1. The topological polar surface area (TPSA) is 82.1 Å². The number of carbonyl (C=O) groups excluding carboxylic acids is 1. The molecule has 0 aromatic heterocycles. The molecule has 7 heteroatoms. The van der Waals surface area contributed by atoms with E-state index in [2.05, 4.69) is 6.58 Å². The Balaban J connectivity index is 2.45. The van der Waals surface area contributed by atoms with Crippen LogP contribution in [0.2, 0.25) is 0 Å². The van der Waals surface area contributed by atoms with Crippen LogP contribution in [0.1, 0.15) is 13.8 Å². The molecule has 0 aliphatic rings. The lowest BCUT2D eigenvalue weighted by Crippen LogP contribution is -2.20. The molecule has 1 N–H and O–H groups in total. The van der Waals surface area contributed by atoms with Crippen molar-refractivity contribution in [1.82, 2.24) is 0 Å². The van der Waals surface area contributed by atoms with Crippen LogP contribution in [-0.4, -0.2) is 23.6 Å². The molecule has 0 amide bonds. The molecule has 20 heavy (non-hydrogen) atoms. The van der Waals surface area contributed by atoms with Crippen LogP contribution in [0.5, 0.6) is 5.75 Å². The molecule has 0 bridgehead atoms. The highest BCUT2D eigenvalue weighted by Crippen LogP contribution is 2.43. The fraction of sp³-hybridized carbons (Fsp3) is 0.308. The molecule has 2 atom stereocenters. The summed E-state index contributed by atoms with van der Waals surface area (Å²) in [6.45, 7) is 6.20. The van der Waals surface area contributed by atoms with Crippen LogP contribution in [0.15, 0.2) is 42.5 Å². The molecule has 1 aromatic carbocycles. The molecule has 2 unspecified atom stereocenters. The number of para-hydroxylation sites is 1. The number of hydrogen-bond acceptors (Lipinski definition) is 5. The lowest BCUT2D eigenvalue weighted by atomic mass is 10.3. The molecule has 110 valence electrons. The van der Waals surface area contributed by atoms with Gasteiger partial charge in [0.05, 0.1) is 6.61 Å². The summed E-state index contributed by atoms with van der Waals surface area (Å²) in [5, 5.41) is 0. The van der Waals surface area contributed by atoms with E-state index < -0.39 is 19.9 Å². The highest BCUT2D eigenvalue weighted by atomic mass is 31.2. The van der Waals surface area contributed by atoms with E-state index in [0.717, 1.165) is 0 Å². The van der Waals surface area contributed by atoms with Crippen LogP contribution in [0.25, 0.3) is 0 Å². The quantitative estimate of drug-likeness (QED) is 0.473. The van der Waals surface area contributed by atoms with Crippen LogP contribution >= 0.6 is 7.82 Å². The normalized spacial score (nSPS) is 14.9. The lowest BCUT2D eigenvalue weighted by molar-refractivity contribution is -0.144. The van der Waals surface area contributed by atoms with Crippen LogP contribution in [-0.2, 0) is 18.6 Å². The van der Waals surface area contributed by atoms with Gasteiger partial charge in [-0.2, -0.15) is 0 Å². The van der Waals surface area contributed by atoms with Crippen LogP contribution < -0.4 is 4.52 Å². The fourth-order valence-electron chi connectivity index (χ4n) is 1.16. The van der Waals surface area contributed by atoms with Crippen LogP contribution in [0.4, 0.5) is 0 Å². The summed E-state index contributed by atoms with van der Waals surface area (Å²) in [5.74, 6) is -0.372. The maximum atomic E-state index is 11.7. The van der Waals surface area contributed by atoms with Gasteiger partial charge in [0, 0.05) is 5.57 Å². The second-order valence-corrected chi connectivity index (χ2v) is 5.54. The zero-order valence-electron chi connectivity index (χ0n) is 11.3. The Bertz CT molecular complexity index is 513. The summed E-state index contributed by atoms with van der Waals surface area (Å²) in [7, 11) is -4.25. The largest absolute Gasteiger partial charge is 0.527 e. The third-order valence-corrected chi connectivity index (χ3v) is 3.01. The lowest BCUT2D eigenvalue weighted by Gasteiger charge is -2.16. The van der Waals surface area contributed by atoms with Crippen molar-refractivity contribution in [2.24, 2.45) is 0 Å². The van der Waals surface area contributed by atoms with E-state index >= 15 is 0 Å². The van der Waals surface area contributed by atoms with Gasteiger partial charge in [-0.05, 0) is 26.0 Å². The average molecular weight is 300 g/mol. The second-order valence-electron chi connectivity index (χ2n) is 4.16. The molecule has 0 spiro atoms. The second kappa shape index (κ2) is 7.24. The number of esters is 1. The van der Waals surface area contributed by atoms with Gasteiger partial charge in [-0.1, -0.05) is 24.8 Å². The summed E-state index contributed by atoms with van der Waals surface area (Å²) < 4.78 is 26.2. The van der Waals surface area contributed by atoms with Gasteiger partial charge in [-0.25, -0.2) is 9.36 Å². The zero-order valence-corrected chi connectivity index (χ0v) is 12.2. The minimum Gasteiger partial charge on any atom is -0.457 e. The van der Waals surface area contributed by atoms with E-state index in [9.17, 15) is 14.3 Å². The Morgan fingerprint density at radius 2 is 2.00 bits per heavy atom. The molecule has 1 rings (SSSR count). The summed E-state index contributed by atoms with van der Waals surface area (Å²) in [6, 6.07) is 8.11. The van der Waals surface area contributed by atoms with Gasteiger partial charge in [0.25, 0.3) is 0 Å². The maximum Gasteiger partial charge on any atom is 0.527 e. The Morgan fingerprint density at radius 1 is 1.40 bits per heavy atom. The van der Waals surface area contributed by atoms with Crippen LogP contribution in [0.3, 0.4) is 0 Å². The standard InChI is InChI=1S/C13H17O6P/c1-10(2)13(14)18-11(3)9-17-20(15,16)19-12-7-5-4-6-8-12/h4-8,11H,1,9H2,2-3H3,(H,15,16). The Labute approximate surface area is 117 Å². The number of benzene rings is 1. The Morgan fingerprint density at radius 3 is 2.55 bits per heavy atom. The van der Waals surface area contributed by atoms with Gasteiger partial charge in [0.2, 0.25) is 0 Å². The summed E-state index contributed by atoms with van der Waals surface area (Å²) in [6.07, 6.45) is -0.695. The van der Waals surface area contributed by atoms with Gasteiger partial charge in [-0.3, -0.25) is 9.42 Å². The first-order valence-electron chi connectivity index (χ1n) is 5.88. The third-order valence-electron chi connectivity index (χ3n) is 2.09. The molecule has 0 saturated carbocycles. The Kier molecular flexibility index (Phi) is 5.95. The molecular weight excluding hydrogens is 283 g/mol. The van der Waals surface area contributed by atoms with Crippen molar-refractivity contribution in [3.05, 3.63) is 42.5 Å². The fourth-order valence-corrected chi connectivity index (χ4v) is 2.00. The molecule has 0 saturated heterocycles. The molecule has 0 heterocycles. The van der Waals surface area contributed by atoms with E-state index in [-0.39, 0.29) is 17.9 Å². The zero-order chi connectivity index (χ0) is 15.2. The number of ether oxygens (including phenoxy) is 1.